The van der Waals surface area contributed by atoms with Crippen molar-refractivity contribution in [3.05, 3.63) is 53.1 Å². The van der Waals surface area contributed by atoms with Crippen LogP contribution in [0.5, 0.6) is 5.75 Å². The third kappa shape index (κ3) is 2.90. The lowest BCUT2D eigenvalue weighted by atomic mass is 10.1. The van der Waals surface area contributed by atoms with Crippen LogP contribution in [0.2, 0.25) is 0 Å². The van der Waals surface area contributed by atoms with Crippen LogP contribution < -0.4 is 15.0 Å². The largest absolute Gasteiger partial charge is 0.482 e. The molecule has 0 unspecified atom stereocenters. The first-order valence-corrected chi connectivity index (χ1v) is 7.38. The van der Waals surface area contributed by atoms with Gasteiger partial charge < -0.3 is 15.0 Å². The Morgan fingerprint density at radius 2 is 1.91 bits per heavy atom. The zero-order valence-corrected chi connectivity index (χ0v) is 13.3. The molecule has 0 saturated carbocycles. The summed E-state index contributed by atoms with van der Waals surface area (Å²) in [6.07, 6.45) is 0. The lowest BCUT2D eigenvalue weighted by molar-refractivity contribution is -0.120. The summed E-state index contributed by atoms with van der Waals surface area (Å²) in [7, 11) is 1.69. The Morgan fingerprint density at radius 1 is 1.13 bits per heavy atom. The number of hydrogen-bond donors (Lipinski definition) is 1. The van der Waals surface area contributed by atoms with E-state index in [1.165, 1.54) is 4.90 Å². The summed E-state index contributed by atoms with van der Waals surface area (Å²) in [4.78, 5) is 25.6. The van der Waals surface area contributed by atoms with Crippen LogP contribution >= 0.6 is 0 Å². The van der Waals surface area contributed by atoms with Crippen molar-refractivity contribution in [3.63, 3.8) is 0 Å². The predicted molar refractivity (Wildman–Crippen MR) is 89.2 cm³/mol. The maximum Gasteiger partial charge on any atom is 0.264 e. The van der Waals surface area contributed by atoms with Crippen molar-refractivity contribution in [1.29, 1.82) is 0 Å². The average Bonchev–Trinajstić information content (AvgIpc) is 2.54. The highest BCUT2D eigenvalue weighted by atomic mass is 16.5. The Hall–Kier alpha value is -2.82. The van der Waals surface area contributed by atoms with E-state index in [-0.39, 0.29) is 18.4 Å². The summed E-state index contributed by atoms with van der Waals surface area (Å²) < 4.78 is 5.38. The Morgan fingerprint density at radius 3 is 2.65 bits per heavy atom. The fourth-order valence-electron chi connectivity index (χ4n) is 2.44. The molecule has 0 bridgehead atoms. The molecule has 1 aliphatic heterocycles. The molecule has 1 aliphatic rings. The van der Waals surface area contributed by atoms with Crippen LogP contribution in [-0.4, -0.2) is 25.5 Å². The second kappa shape index (κ2) is 5.76. The zero-order chi connectivity index (χ0) is 16.6. The van der Waals surface area contributed by atoms with Gasteiger partial charge in [-0.2, -0.15) is 0 Å². The first kappa shape index (κ1) is 15.1. The number of nitrogens with one attached hydrogen (secondary N) is 1. The molecule has 5 nitrogen and oxygen atoms in total. The van der Waals surface area contributed by atoms with Crippen LogP contribution in [0.15, 0.2) is 36.4 Å². The van der Waals surface area contributed by atoms with Gasteiger partial charge in [0.1, 0.15) is 5.75 Å². The number of nitrogens with zero attached hydrogens (tertiary/aromatic N) is 1. The second-order valence-electron chi connectivity index (χ2n) is 5.68. The highest BCUT2D eigenvalue weighted by molar-refractivity contribution is 6.05. The van der Waals surface area contributed by atoms with Crippen LogP contribution in [0, 0.1) is 13.8 Å². The van der Waals surface area contributed by atoms with E-state index >= 15 is 0 Å². The number of hydrogen-bond acceptors (Lipinski definition) is 3. The first-order chi connectivity index (χ1) is 11.0. The first-order valence-electron chi connectivity index (χ1n) is 7.38. The van der Waals surface area contributed by atoms with Gasteiger partial charge in [0.15, 0.2) is 6.61 Å². The topological polar surface area (TPSA) is 58.6 Å². The fraction of sp³-hybridized carbons (Fsp3) is 0.222. The van der Waals surface area contributed by atoms with Gasteiger partial charge in [0.05, 0.1) is 5.69 Å². The maximum atomic E-state index is 12.4. The van der Waals surface area contributed by atoms with Crippen molar-refractivity contribution in [2.24, 2.45) is 0 Å². The molecule has 0 aliphatic carbocycles. The van der Waals surface area contributed by atoms with E-state index in [1.54, 1.807) is 31.3 Å². The van der Waals surface area contributed by atoms with E-state index < -0.39 is 0 Å². The zero-order valence-electron chi connectivity index (χ0n) is 13.3. The van der Waals surface area contributed by atoms with Gasteiger partial charge in [-0.1, -0.05) is 6.07 Å². The number of carbonyl (C=O) groups is 2. The van der Waals surface area contributed by atoms with E-state index in [4.69, 9.17) is 4.74 Å². The van der Waals surface area contributed by atoms with Crippen molar-refractivity contribution < 1.29 is 14.3 Å². The third-order valence-electron chi connectivity index (χ3n) is 4.07. The molecule has 0 aromatic heterocycles. The van der Waals surface area contributed by atoms with Gasteiger partial charge >= 0.3 is 0 Å². The number of likely N-dealkylation sites (N-methyl/N-ethyl adjacent to an activating group) is 1. The molecule has 2 aromatic carbocycles. The van der Waals surface area contributed by atoms with Crippen LogP contribution in [0.1, 0.15) is 21.5 Å². The van der Waals surface area contributed by atoms with Gasteiger partial charge in [0.25, 0.3) is 11.8 Å². The van der Waals surface area contributed by atoms with Gasteiger partial charge in [0.2, 0.25) is 0 Å². The monoisotopic (exact) mass is 310 g/mol. The molecule has 118 valence electrons. The molecular weight excluding hydrogens is 292 g/mol. The second-order valence-corrected chi connectivity index (χ2v) is 5.68. The summed E-state index contributed by atoms with van der Waals surface area (Å²) in [5.41, 5.74) is 4.09. The van der Waals surface area contributed by atoms with E-state index in [9.17, 15) is 9.59 Å². The number of aryl methyl sites for hydroxylation is 2. The van der Waals surface area contributed by atoms with Gasteiger partial charge in [-0.05, 0) is 55.3 Å². The van der Waals surface area contributed by atoms with E-state index in [0.29, 0.717) is 22.7 Å². The van der Waals surface area contributed by atoms with E-state index in [0.717, 1.165) is 11.1 Å². The molecule has 23 heavy (non-hydrogen) atoms. The Balaban J connectivity index is 1.84. The van der Waals surface area contributed by atoms with Gasteiger partial charge in [0, 0.05) is 18.3 Å². The van der Waals surface area contributed by atoms with Crippen molar-refractivity contribution >= 4 is 23.2 Å². The lowest BCUT2D eigenvalue weighted by Crippen LogP contribution is -2.35. The molecule has 2 amide bonds. The molecule has 0 saturated heterocycles. The highest BCUT2D eigenvalue weighted by Gasteiger charge is 2.22. The molecule has 5 heteroatoms. The van der Waals surface area contributed by atoms with Crippen LogP contribution in [0.3, 0.4) is 0 Å². The molecular formula is C18H18N2O3. The number of anilines is 2. The SMILES string of the molecule is Cc1ccc(C(=O)Nc2ccc3c(c2)N(C)C(=O)CO3)cc1C. The number of amides is 2. The Bertz CT molecular complexity index is 799. The number of fused-ring (bicyclic) bond motifs is 1. The van der Waals surface area contributed by atoms with Crippen LogP contribution in [0.25, 0.3) is 0 Å². The number of benzene rings is 2. The summed E-state index contributed by atoms with van der Waals surface area (Å²) in [5, 5.41) is 2.86. The fourth-order valence-corrected chi connectivity index (χ4v) is 2.44. The molecule has 0 radical (unpaired) electrons. The quantitative estimate of drug-likeness (QED) is 0.928. The predicted octanol–water partition coefficient (Wildman–Crippen LogP) is 2.91. The minimum atomic E-state index is -0.182. The number of rotatable bonds is 2. The standard InChI is InChI=1S/C18H18N2O3/c1-11-4-5-13(8-12(11)2)18(22)19-14-6-7-16-15(9-14)20(3)17(21)10-23-16/h4-9H,10H2,1-3H3,(H,19,22). The Kier molecular flexibility index (Phi) is 3.78. The smallest absolute Gasteiger partial charge is 0.264 e. The number of ether oxygens (including phenoxy) is 1. The molecule has 0 atom stereocenters. The minimum absolute atomic E-state index is 0.0395. The van der Waals surface area contributed by atoms with Crippen molar-refractivity contribution in [3.8, 4) is 5.75 Å². The molecule has 0 spiro atoms. The summed E-state index contributed by atoms with van der Waals surface area (Å²) in [6.45, 7) is 4.02. The summed E-state index contributed by atoms with van der Waals surface area (Å²) in [5.74, 6) is 0.338. The van der Waals surface area contributed by atoms with Gasteiger partial charge in [-0.3, -0.25) is 9.59 Å². The molecule has 1 heterocycles. The molecule has 3 rings (SSSR count). The van der Waals surface area contributed by atoms with Crippen LogP contribution in [-0.2, 0) is 4.79 Å². The molecule has 0 fully saturated rings. The average molecular weight is 310 g/mol. The summed E-state index contributed by atoms with van der Waals surface area (Å²) in [6, 6.07) is 10.9. The minimum Gasteiger partial charge on any atom is -0.482 e. The summed E-state index contributed by atoms with van der Waals surface area (Å²) >= 11 is 0. The van der Waals surface area contributed by atoms with Gasteiger partial charge in [-0.15, -0.1) is 0 Å². The maximum absolute atomic E-state index is 12.4. The number of carbonyl (C=O) groups excluding carboxylic acids is 2. The normalized spacial score (nSPS) is 13.3. The van der Waals surface area contributed by atoms with E-state index in [2.05, 4.69) is 5.32 Å². The van der Waals surface area contributed by atoms with Crippen molar-refractivity contribution in [2.45, 2.75) is 13.8 Å². The lowest BCUT2D eigenvalue weighted by Gasteiger charge is -2.26. The molecule has 1 N–H and O–H groups in total. The van der Waals surface area contributed by atoms with Gasteiger partial charge in [-0.25, -0.2) is 0 Å². The van der Waals surface area contributed by atoms with Crippen molar-refractivity contribution in [2.75, 3.05) is 23.9 Å². The molecule has 2 aromatic rings. The third-order valence-corrected chi connectivity index (χ3v) is 4.07. The van der Waals surface area contributed by atoms with E-state index in [1.807, 2.05) is 26.0 Å². The highest BCUT2D eigenvalue weighted by Crippen LogP contribution is 2.33. The Labute approximate surface area is 134 Å². The van der Waals surface area contributed by atoms with Crippen molar-refractivity contribution in [1.82, 2.24) is 0 Å². The van der Waals surface area contributed by atoms with Crippen LogP contribution in [0.4, 0.5) is 11.4 Å².